The van der Waals surface area contributed by atoms with Gasteiger partial charge in [0.15, 0.2) is 0 Å². The van der Waals surface area contributed by atoms with Crippen LogP contribution in [0.3, 0.4) is 0 Å². The maximum atomic E-state index is 10.4. The van der Waals surface area contributed by atoms with Crippen LogP contribution in [-0.2, 0) is 16.0 Å². The molecule has 1 rings (SSSR count). The number of carboxylic acids is 1. The molecule has 1 aromatic rings. The zero-order chi connectivity index (χ0) is 13.3. The van der Waals surface area contributed by atoms with Crippen LogP contribution in [0.2, 0.25) is 0 Å². The van der Waals surface area contributed by atoms with Crippen molar-refractivity contribution in [1.82, 2.24) is 0 Å². The molecule has 0 spiro atoms. The summed E-state index contributed by atoms with van der Waals surface area (Å²) < 4.78 is 4.10. The molecule has 0 aliphatic heterocycles. The molecule has 1 aromatic carbocycles. The summed E-state index contributed by atoms with van der Waals surface area (Å²) in [5.41, 5.74) is 6.12. The second-order valence-electron chi connectivity index (χ2n) is 3.23. The monoisotopic (exact) mass is 243 g/mol. The summed E-state index contributed by atoms with van der Waals surface area (Å²) in [6.45, 7) is -0.181. The molecule has 1 unspecified atom stereocenters. The number of rotatable bonds is 4. The number of ether oxygens (including phenoxy) is 1. The van der Waals surface area contributed by atoms with Crippen molar-refractivity contribution in [1.29, 1.82) is 0 Å². The van der Waals surface area contributed by atoms with Crippen LogP contribution in [0.1, 0.15) is 5.56 Å². The minimum absolute atomic E-state index is 0.160. The standard InChI is InChI=1S/C9H11NO3.C2H6O2/c10-8(9(12)13)5-6-1-3-7(11)4-2-6;1-4-2-3/h1-4,8,11H,5,10H2,(H,12,13);3H,2H2,1H3. The van der Waals surface area contributed by atoms with Gasteiger partial charge in [0, 0.05) is 7.11 Å². The SMILES string of the molecule is COCO.NC(Cc1ccc(O)cc1)C(=O)O. The Balaban J connectivity index is 0.000000557. The van der Waals surface area contributed by atoms with Crippen molar-refractivity contribution in [3.05, 3.63) is 29.8 Å². The molecule has 0 saturated carbocycles. The average molecular weight is 243 g/mol. The van der Waals surface area contributed by atoms with E-state index in [0.29, 0.717) is 0 Å². The fraction of sp³-hybridized carbons (Fsp3) is 0.364. The van der Waals surface area contributed by atoms with E-state index in [1.165, 1.54) is 19.2 Å². The van der Waals surface area contributed by atoms with Crippen LogP contribution in [0.5, 0.6) is 5.75 Å². The van der Waals surface area contributed by atoms with Gasteiger partial charge in [-0.05, 0) is 24.1 Å². The van der Waals surface area contributed by atoms with E-state index in [4.69, 9.17) is 21.1 Å². The molecule has 0 aromatic heterocycles. The van der Waals surface area contributed by atoms with Gasteiger partial charge >= 0.3 is 5.97 Å². The summed E-state index contributed by atoms with van der Waals surface area (Å²) >= 11 is 0. The highest BCUT2D eigenvalue weighted by molar-refractivity contribution is 5.73. The number of nitrogens with two attached hydrogens (primary N) is 1. The van der Waals surface area contributed by atoms with E-state index in [1.54, 1.807) is 12.1 Å². The molecule has 0 saturated heterocycles. The first-order chi connectivity index (χ1) is 8.01. The normalized spacial score (nSPS) is 11.2. The molecule has 0 radical (unpaired) electrons. The molecule has 17 heavy (non-hydrogen) atoms. The summed E-state index contributed by atoms with van der Waals surface area (Å²) in [5.74, 6) is -0.860. The second kappa shape index (κ2) is 8.51. The molecule has 0 bridgehead atoms. The molecule has 6 nitrogen and oxygen atoms in total. The van der Waals surface area contributed by atoms with Crippen LogP contribution in [0, 0.1) is 0 Å². The summed E-state index contributed by atoms with van der Waals surface area (Å²) in [6, 6.07) is 5.42. The highest BCUT2D eigenvalue weighted by Gasteiger charge is 2.11. The lowest BCUT2D eigenvalue weighted by atomic mass is 10.1. The minimum atomic E-state index is -1.02. The van der Waals surface area contributed by atoms with Crippen LogP contribution < -0.4 is 5.73 Å². The first-order valence-electron chi connectivity index (χ1n) is 4.87. The highest BCUT2D eigenvalue weighted by Crippen LogP contribution is 2.10. The van der Waals surface area contributed by atoms with Crippen LogP contribution >= 0.6 is 0 Å². The van der Waals surface area contributed by atoms with Crippen molar-refractivity contribution < 1.29 is 24.9 Å². The molecular weight excluding hydrogens is 226 g/mol. The Hall–Kier alpha value is -1.63. The highest BCUT2D eigenvalue weighted by atomic mass is 16.6. The Morgan fingerprint density at radius 3 is 2.24 bits per heavy atom. The fourth-order valence-electron chi connectivity index (χ4n) is 0.973. The van der Waals surface area contributed by atoms with E-state index in [-0.39, 0.29) is 19.0 Å². The van der Waals surface area contributed by atoms with E-state index < -0.39 is 12.0 Å². The average Bonchev–Trinajstić information content (AvgIpc) is 2.32. The zero-order valence-electron chi connectivity index (χ0n) is 9.54. The van der Waals surface area contributed by atoms with E-state index in [9.17, 15) is 4.79 Å². The van der Waals surface area contributed by atoms with Crippen molar-refractivity contribution in [2.75, 3.05) is 13.9 Å². The number of benzene rings is 1. The maximum Gasteiger partial charge on any atom is 0.320 e. The molecule has 0 aliphatic carbocycles. The van der Waals surface area contributed by atoms with Crippen LogP contribution in [-0.4, -0.2) is 41.2 Å². The lowest BCUT2D eigenvalue weighted by Crippen LogP contribution is -2.32. The van der Waals surface area contributed by atoms with Crippen molar-refractivity contribution >= 4 is 5.97 Å². The van der Waals surface area contributed by atoms with E-state index in [0.717, 1.165) is 5.56 Å². The van der Waals surface area contributed by atoms with Crippen molar-refractivity contribution in [2.45, 2.75) is 12.5 Å². The Morgan fingerprint density at radius 2 is 1.88 bits per heavy atom. The number of aliphatic hydroxyl groups excluding tert-OH is 1. The molecule has 0 aliphatic rings. The first kappa shape index (κ1) is 15.4. The molecule has 5 N–H and O–H groups in total. The smallest absolute Gasteiger partial charge is 0.320 e. The molecule has 1 atom stereocenters. The van der Waals surface area contributed by atoms with Gasteiger partial charge in [0.05, 0.1) is 0 Å². The molecule has 96 valence electrons. The third-order valence-corrected chi connectivity index (χ3v) is 1.84. The van der Waals surface area contributed by atoms with Crippen molar-refractivity contribution in [3.63, 3.8) is 0 Å². The van der Waals surface area contributed by atoms with E-state index in [2.05, 4.69) is 4.74 Å². The maximum absolute atomic E-state index is 10.4. The van der Waals surface area contributed by atoms with Crippen LogP contribution in [0.15, 0.2) is 24.3 Å². The van der Waals surface area contributed by atoms with Crippen molar-refractivity contribution in [3.8, 4) is 5.75 Å². The second-order valence-corrected chi connectivity index (χ2v) is 3.23. The summed E-state index contributed by atoms with van der Waals surface area (Å²) in [4.78, 5) is 10.4. The molecule has 6 heteroatoms. The molecule has 0 heterocycles. The van der Waals surface area contributed by atoms with Gasteiger partial charge in [0.2, 0.25) is 0 Å². The Kier molecular flexibility index (Phi) is 7.70. The summed E-state index contributed by atoms with van der Waals surface area (Å²) in [7, 11) is 1.43. The number of aromatic hydroxyl groups is 1. The van der Waals surface area contributed by atoms with Gasteiger partial charge in [-0.25, -0.2) is 0 Å². The zero-order valence-corrected chi connectivity index (χ0v) is 9.54. The summed E-state index contributed by atoms with van der Waals surface area (Å²) in [5, 5.41) is 25.1. The van der Waals surface area contributed by atoms with Crippen LogP contribution in [0.4, 0.5) is 0 Å². The van der Waals surface area contributed by atoms with Gasteiger partial charge in [-0.15, -0.1) is 0 Å². The third-order valence-electron chi connectivity index (χ3n) is 1.84. The van der Waals surface area contributed by atoms with Gasteiger partial charge in [-0.3, -0.25) is 4.79 Å². The lowest BCUT2D eigenvalue weighted by Gasteiger charge is -2.05. The molecular formula is C11H17NO5. The van der Waals surface area contributed by atoms with Gasteiger partial charge in [-0.2, -0.15) is 0 Å². The largest absolute Gasteiger partial charge is 0.508 e. The van der Waals surface area contributed by atoms with Gasteiger partial charge < -0.3 is 25.8 Å². The van der Waals surface area contributed by atoms with E-state index >= 15 is 0 Å². The van der Waals surface area contributed by atoms with Crippen LogP contribution in [0.25, 0.3) is 0 Å². The molecule has 0 amide bonds. The number of phenols is 1. The number of hydrogen-bond acceptors (Lipinski definition) is 5. The van der Waals surface area contributed by atoms with Gasteiger partial charge in [0.1, 0.15) is 18.6 Å². The lowest BCUT2D eigenvalue weighted by molar-refractivity contribution is -0.138. The number of methoxy groups -OCH3 is 1. The predicted molar refractivity (Wildman–Crippen MR) is 61.5 cm³/mol. The predicted octanol–water partition coefficient (Wildman–Crippen LogP) is -0.0708. The van der Waals surface area contributed by atoms with Gasteiger partial charge in [0.25, 0.3) is 0 Å². The topological polar surface area (TPSA) is 113 Å². The number of carboxylic acid groups (broad SMARTS) is 1. The quantitative estimate of drug-likeness (QED) is 0.550. The van der Waals surface area contributed by atoms with E-state index in [1.807, 2.05) is 0 Å². The number of hydrogen-bond donors (Lipinski definition) is 4. The first-order valence-corrected chi connectivity index (χ1v) is 4.87. The minimum Gasteiger partial charge on any atom is -0.508 e. The number of phenolic OH excluding ortho intramolecular Hbond substituents is 1. The summed E-state index contributed by atoms with van der Waals surface area (Å²) in [6.07, 6.45) is 0.273. The fourth-order valence-corrected chi connectivity index (χ4v) is 0.973. The van der Waals surface area contributed by atoms with Gasteiger partial charge in [-0.1, -0.05) is 12.1 Å². The number of aliphatic hydroxyl groups is 1. The number of carbonyl (C=O) groups is 1. The molecule has 0 fully saturated rings. The third kappa shape index (κ3) is 7.29. The number of aliphatic carboxylic acids is 1. The van der Waals surface area contributed by atoms with Crippen molar-refractivity contribution in [2.24, 2.45) is 5.73 Å². The Labute approximate surface area is 99.3 Å². The Bertz CT molecular complexity index is 323. The Morgan fingerprint density at radius 1 is 1.41 bits per heavy atom.